The maximum atomic E-state index is 12.5. The zero-order chi connectivity index (χ0) is 19.0. The zero-order valence-electron chi connectivity index (χ0n) is 15.3. The second-order valence-electron chi connectivity index (χ2n) is 7.10. The summed E-state index contributed by atoms with van der Waals surface area (Å²) in [6.45, 7) is 1.35. The first-order valence-corrected chi connectivity index (χ1v) is 11.0. The Morgan fingerprint density at radius 1 is 1.07 bits per heavy atom. The second-order valence-corrected chi connectivity index (χ2v) is 9.03. The molecule has 1 amide bonds. The molecule has 1 saturated heterocycles. The highest BCUT2D eigenvalue weighted by molar-refractivity contribution is 7.88. The van der Waals surface area contributed by atoms with Crippen molar-refractivity contribution in [2.24, 2.45) is 0 Å². The summed E-state index contributed by atoms with van der Waals surface area (Å²) < 4.78 is 25.0. The van der Waals surface area contributed by atoms with E-state index in [1.54, 1.807) is 0 Å². The molecule has 142 valence electrons. The molecule has 0 radical (unpaired) electrons. The first-order chi connectivity index (χ1) is 12.9. The first-order valence-electron chi connectivity index (χ1n) is 9.17. The van der Waals surface area contributed by atoms with E-state index in [4.69, 9.17) is 0 Å². The maximum absolute atomic E-state index is 12.5. The van der Waals surface area contributed by atoms with Gasteiger partial charge in [0, 0.05) is 30.2 Å². The molecular formula is C20H23N3O3S. The number of hydrogen-bond acceptors (Lipinski definition) is 4. The number of hydrogen-bond donors (Lipinski definition) is 1. The minimum atomic E-state index is -3.37. The highest BCUT2D eigenvalue weighted by Crippen LogP contribution is 2.34. The average molecular weight is 385 g/mol. The number of para-hydroxylation sites is 1. The lowest BCUT2D eigenvalue weighted by atomic mass is 10.2. The number of sulfonamides is 1. The van der Waals surface area contributed by atoms with Crippen molar-refractivity contribution in [2.75, 3.05) is 29.6 Å². The van der Waals surface area contributed by atoms with Gasteiger partial charge < -0.3 is 10.2 Å². The quantitative estimate of drug-likeness (QED) is 0.879. The molecule has 27 heavy (non-hydrogen) atoms. The summed E-state index contributed by atoms with van der Waals surface area (Å²) in [6, 6.07) is 15.5. The van der Waals surface area contributed by atoms with Crippen molar-refractivity contribution in [2.45, 2.75) is 25.3 Å². The van der Waals surface area contributed by atoms with E-state index in [9.17, 15) is 13.2 Å². The molecule has 0 saturated carbocycles. The minimum absolute atomic E-state index is 0.266. The van der Waals surface area contributed by atoms with E-state index in [2.05, 4.69) is 28.4 Å². The fraction of sp³-hybridized carbons (Fsp3) is 0.350. The predicted octanol–water partition coefficient (Wildman–Crippen LogP) is 2.74. The molecule has 2 heterocycles. The Hall–Kier alpha value is -2.38. The lowest BCUT2D eigenvalue weighted by Crippen LogP contribution is -2.42. The van der Waals surface area contributed by atoms with Gasteiger partial charge in [-0.25, -0.2) is 8.42 Å². The van der Waals surface area contributed by atoms with Crippen LogP contribution >= 0.6 is 0 Å². The number of carbonyl (C=O) groups is 1. The monoisotopic (exact) mass is 385 g/mol. The standard InChI is InChI=1S/C20H23N3O3S/c1-27(25,26)23-13-4-7-19(23)20(24)21-16-8-10-17(11-9-16)22-14-12-15-5-2-3-6-18(15)22/h2-3,5-6,8-11,19H,4,7,12-14H2,1H3,(H,21,24)/t19-/m1/s1. The number of carbonyl (C=O) groups excluding carboxylic acids is 1. The third-order valence-corrected chi connectivity index (χ3v) is 6.56. The van der Waals surface area contributed by atoms with Crippen LogP contribution in [0.25, 0.3) is 0 Å². The van der Waals surface area contributed by atoms with Crippen LogP contribution in [0.3, 0.4) is 0 Å². The van der Waals surface area contributed by atoms with Crippen LogP contribution in [0.5, 0.6) is 0 Å². The Kier molecular flexibility index (Phi) is 4.65. The van der Waals surface area contributed by atoms with Gasteiger partial charge in [0.15, 0.2) is 0 Å². The van der Waals surface area contributed by atoms with Crippen molar-refractivity contribution >= 4 is 33.0 Å². The summed E-state index contributed by atoms with van der Waals surface area (Å²) in [6.07, 6.45) is 3.44. The minimum Gasteiger partial charge on any atom is -0.341 e. The van der Waals surface area contributed by atoms with Crippen LogP contribution in [0.1, 0.15) is 18.4 Å². The fourth-order valence-corrected chi connectivity index (χ4v) is 5.08. The molecule has 6 nitrogen and oxygen atoms in total. The Bertz CT molecular complexity index is 957. The molecule has 2 aliphatic rings. The molecule has 0 spiro atoms. The lowest BCUT2D eigenvalue weighted by molar-refractivity contribution is -0.119. The van der Waals surface area contributed by atoms with E-state index in [1.165, 1.54) is 15.6 Å². The van der Waals surface area contributed by atoms with Gasteiger partial charge in [0.25, 0.3) is 0 Å². The largest absolute Gasteiger partial charge is 0.341 e. The Labute approximate surface area is 159 Å². The van der Waals surface area contributed by atoms with E-state index in [0.29, 0.717) is 25.1 Å². The third-order valence-electron chi connectivity index (χ3n) is 5.27. The number of benzene rings is 2. The van der Waals surface area contributed by atoms with Crippen LogP contribution in [0.2, 0.25) is 0 Å². The highest BCUT2D eigenvalue weighted by Gasteiger charge is 2.36. The smallest absolute Gasteiger partial charge is 0.242 e. The number of rotatable bonds is 4. The molecule has 7 heteroatoms. The molecule has 0 bridgehead atoms. The lowest BCUT2D eigenvalue weighted by Gasteiger charge is -2.22. The topological polar surface area (TPSA) is 69.7 Å². The van der Waals surface area contributed by atoms with Crippen molar-refractivity contribution in [1.29, 1.82) is 0 Å². The van der Waals surface area contributed by atoms with E-state index < -0.39 is 16.1 Å². The summed E-state index contributed by atoms with van der Waals surface area (Å²) in [4.78, 5) is 14.8. The molecule has 0 unspecified atom stereocenters. The van der Waals surface area contributed by atoms with E-state index in [0.717, 1.165) is 24.9 Å². The Morgan fingerprint density at radius 2 is 1.81 bits per heavy atom. The van der Waals surface area contributed by atoms with Crippen molar-refractivity contribution in [3.05, 3.63) is 54.1 Å². The van der Waals surface area contributed by atoms with Crippen molar-refractivity contribution in [1.82, 2.24) is 4.31 Å². The van der Waals surface area contributed by atoms with Crippen LogP contribution in [0.15, 0.2) is 48.5 Å². The van der Waals surface area contributed by atoms with Crippen LogP contribution < -0.4 is 10.2 Å². The van der Waals surface area contributed by atoms with Gasteiger partial charge in [-0.3, -0.25) is 4.79 Å². The Balaban J connectivity index is 1.47. The van der Waals surface area contributed by atoms with Gasteiger partial charge in [-0.15, -0.1) is 0 Å². The van der Waals surface area contributed by atoms with Crippen molar-refractivity contribution < 1.29 is 13.2 Å². The third kappa shape index (κ3) is 3.57. The maximum Gasteiger partial charge on any atom is 0.242 e. The van der Waals surface area contributed by atoms with Crippen LogP contribution in [-0.2, 0) is 21.2 Å². The van der Waals surface area contributed by atoms with Gasteiger partial charge in [-0.2, -0.15) is 4.31 Å². The molecular weight excluding hydrogens is 362 g/mol. The molecule has 4 rings (SSSR count). The average Bonchev–Trinajstić information content (AvgIpc) is 3.29. The number of fused-ring (bicyclic) bond motifs is 1. The SMILES string of the molecule is CS(=O)(=O)N1CCC[C@@H]1C(=O)Nc1ccc(N2CCc3ccccc32)cc1. The fourth-order valence-electron chi connectivity index (χ4n) is 3.96. The highest BCUT2D eigenvalue weighted by atomic mass is 32.2. The molecule has 1 N–H and O–H groups in total. The number of nitrogens with zero attached hydrogens (tertiary/aromatic N) is 2. The zero-order valence-corrected chi connectivity index (χ0v) is 16.1. The van der Waals surface area contributed by atoms with Crippen molar-refractivity contribution in [3.8, 4) is 0 Å². The van der Waals surface area contributed by atoms with Gasteiger partial charge in [0.05, 0.1) is 6.26 Å². The van der Waals surface area contributed by atoms with Gasteiger partial charge in [-0.1, -0.05) is 18.2 Å². The Morgan fingerprint density at radius 3 is 2.56 bits per heavy atom. The van der Waals surface area contributed by atoms with Gasteiger partial charge in [0.2, 0.25) is 15.9 Å². The summed E-state index contributed by atoms with van der Waals surface area (Å²) >= 11 is 0. The van der Waals surface area contributed by atoms with Gasteiger partial charge >= 0.3 is 0 Å². The molecule has 0 aliphatic carbocycles. The summed E-state index contributed by atoms with van der Waals surface area (Å²) in [7, 11) is -3.37. The number of anilines is 3. The normalized spacial score (nSPS) is 19.9. The van der Waals surface area contributed by atoms with Gasteiger partial charge in [-0.05, 0) is 55.2 Å². The molecule has 2 aliphatic heterocycles. The summed E-state index contributed by atoms with van der Waals surface area (Å²) in [5.41, 5.74) is 4.33. The summed E-state index contributed by atoms with van der Waals surface area (Å²) in [5, 5.41) is 2.86. The second kappa shape index (κ2) is 6.98. The molecule has 1 fully saturated rings. The predicted molar refractivity (Wildman–Crippen MR) is 107 cm³/mol. The van der Waals surface area contributed by atoms with E-state index in [-0.39, 0.29) is 5.91 Å². The van der Waals surface area contributed by atoms with E-state index >= 15 is 0 Å². The molecule has 2 aromatic rings. The first kappa shape index (κ1) is 18.0. The number of nitrogens with one attached hydrogen (secondary N) is 1. The summed E-state index contributed by atoms with van der Waals surface area (Å²) in [5.74, 6) is -0.266. The van der Waals surface area contributed by atoms with Crippen molar-refractivity contribution in [3.63, 3.8) is 0 Å². The van der Waals surface area contributed by atoms with Gasteiger partial charge in [0.1, 0.15) is 6.04 Å². The van der Waals surface area contributed by atoms with E-state index in [1.807, 2.05) is 30.3 Å². The van der Waals surface area contributed by atoms with Crippen LogP contribution in [-0.4, -0.2) is 44.0 Å². The molecule has 0 aromatic heterocycles. The number of amides is 1. The van der Waals surface area contributed by atoms with Crippen LogP contribution in [0.4, 0.5) is 17.1 Å². The molecule has 2 aromatic carbocycles. The molecule has 1 atom stereocenters. The van der Waals surface area contributed by atoms with Crippen LogP contribution in [0, 0.1) is 0 Å².